The molecule has 0 spiro atoms. The van der Waals surface area contributed by atoms with Gasteiger partial charge in [-0.25, -0.2) is 13.2 Å². The van der Waals surface area contributed by atoms with Gasteiger partial charge in [-0.2, -0.15) is 0 Å². The van der Waals surface area contributed by atoms with Crippen LogP contribution in [0.4, 0.5) is 24.5 Å². The largest absolute Gasteiger partial charge is 0.324 e. The Morgan fingerprint density at radius 2 is 1.80 bits per heavy atom. The van der Waals surface area contributed by atoms with Crippen LogP contribution in [0.25, 0.3) is 0 Å². The van der Waals surface area contributed by atoms with Gasteiger partial charge in [-0.1, -0.05) is 17.7 Å². The molecule has 0 radical (unpaired) electrons. The van der Waals surface area contributed by atoms with Gasteiger partial charge in [0, 0.05) is 17.6 Å². The highest BCUT2D eigenvalue weighted by molar-refractivity contribution is 6.31. The van der Waals surface area contributed by atoms with E-state index in [1.807, 2.05) is 0 Å². The van der Waals surface area contributed by atoms with Gasteiger partial charge >= 0.3 is 0 Å². The molecule has 2 aromatic rings. The number of carbonyl (C=O) groups is 2. The molecule has 0 fully saturated rings. The molecular formula is C17H14ClF3N2O2. The number of nitrogens with zero attached hydrogens (tertiary/aromatic N) is 1. The van der Waals surface area contributed by atoms with E-state index in [1.54, 1.807) is 25.1 Å². The summed E-state index contributed by atoms with van der Waals surface area (Å²) in [6.07, 6.45) is 0. The van der Waals surface area contributed by atoms with Crippen molar-refractivity contribution in [2.75, 3.05) is 16.8 Å². The lowest BCUT2D eigenvalue weighted by Gasteiger charge is -2.21. The third-order valence-corrected chi connectivity index (χ3v) is 3.94. The summed E-state index contributed by atoms with van der Waals surface area (Å²) < 4.78 is 40.3. The van der Waals surface area contributed by atoms with Gasteiger partial charge in [0.15, 0.2) is 17.5 Å². The maximum Gasteiger partial charge on any atom is 0.244 e. The van der Waals surface area contributed by atoms with Crippen molar-refractivity contribution >= 4 is 34.8 Å². The number of anilines is 2. The number of halogens is 4. The maximum absolute atomic E-state index is 13.9. The Morgan fingerprint density at radius 3 is 2.44 bits per heavy atom. The van der Waals surface area contributed by atoms with Crippen molar-refractivity contribution in [1.82, 2.24) is 0 Å². The highest BCUT2D eigenvalue weighted by Gasteiger charge is 2.23. The van der Waals surface area contributed by atoms with Crippen LogP contribution in [0.3, 0.4) is 0 Å². The molecule has 0 saturated heterocycles. The summed E-state index contributed by atoms with van der Waals surface area (Å²) in [6.45, 7) is 2.19. The van der Waals surface area contributed by atoms with E-state index in [1.165, 1.54) is 0 Å². The molecule has 0 aromatic heterocycles. The number of hydrogen-bond donors (Lipinski definition) is 1. The predicted molar refractivity (Wildman–Crippen MR) is 89.2 cm³/mol. The van der Waals surface area contributed by atoms with Gasteiger partial charge in [0.2, 0.25) is 11.8 Å². The number of rotatable bonds is 4. The Labute approximate surface area is 147 Å². The van der Waals surface area contributed by atoms with E-state index in [0.717, 1.165) is 13.0 Å². The summed E-state index contributed by atoms with van der Waals surface area (Å²) in [5.74, 6) is -5.99. The smallest absolute Gasteiger partial charge is 0.244 e. The number of carbonyl (C=O) groups excluding carboxylic acids is 2. The lowest BCUT2D eigenvalue weighted by Crippen LogP contribution is -2.37. The van der Waals surface area contributed by atoms with Crippen LogP contribution in [-0.2, 0) is 9.59 Å². The fourth-order valence-corrected chi connectivity index (χ4v) is 2.34. The van der Waals surface area contributed by atoms with Crippen molar-refractivity contribution in [3.05, 3.63) is 58.4 Å². The van der Waals surface area contributed by atoms with Gasteiger partial charge in [0.05, 0.1) is 5.69 Å². The molecule has 4 nitrogen and oxygen atoms in total. The second-order valence-corrected chi connectivity index (χ2v) is 5.67. The Kier molecular flexibility index (Phi) is 5.69. The van der Waals surface area contributed by atoms with Gasteiger partial charge in [0.25, 0.3) is 0 Å². The fourth-order valence-electron chi connectivity index (χ4n) is 2.17. The van der Waals surface area contributed by atoms with Crippen molar-refractivity contribution in [1.29, 1.82) is 0 Å². The minimum atomic E-state index is -1.71. The number of amides is 2. The van der Waals surface area contributed by atoms with Crippen molar-refractivity contribution in [2.24, 2.45) is 0 Å². The zero-order valence-electron chi connectivity index (χ0n) is 13.4. The zero-order valence-corrected chi connectivity index (χ0v) is 14.1. The fraction of sp³-hybridized carbons (Fsp3) is 0.176. The van der Waals surface area contributed by atoms with E-state index in [2.05, 4.69) is 5.32 Å². The molecule has 1 N–H and O–H groups in total. The molecule has 2 rings (SSSR count). The molecule has 8 heteroatoms. The molecule has 0 aliphatic carbocycles. The first-order valence-electron chi connectivity index (χ1n) is 7.19. The Balaban J connectivity index is 2.25. The Morgan fingerprint density at radius 1 is 1.12 bits per heavy atom. The van der Waals surface area contributed by atoms with E-state index < -0.39 is 41.5 Å². The maximum atomic E-state index is 13.9. The number of hydrogen-bond acceptors (Lipinski definition) is 2. The molecule has 0 aliphatic heterocycles. The zero-order chi connectivity index (χ0) is 18.7. The van der Waals surface area contributed by atoms with Crippen molar-refractivity contribution in [3.8, 4) is 0 Å². The van der Waals surface area contributed by atoms with Crippen LogP contribution < -0.4 is 10.2 Å². The first kappa shape index (κ1) is 18.8. The molecule has 0 heterocycles. The van der Waals surface area contributed by atoms with Crippen LogP contribution in [0.15, 0.2) is 30.3 Å². The van der Waals surface area contributed by atoms with Gasteiger partial charge < -0.3 is 10.2 Å². The van der Waals surface area contributed by atoms with Gasteiger partial charge in [-0.15, -0.1) is 0 Å². The van der Waals surface area contributed by atoms with Crippen molar-refractivity contribution in [3.63, 3.8) is 0 Å². The standard InChI is InChI=1S/C17H14ClF3N2O2/c1-9-11(18)4-3-5-13(9)22-15(25)8-23(10(2)24)14-7-6-12(19)16(20)17(14)21/h3-7H,8H2,1-2H3,(H,22,25). The first-order chi connectivity index (χ1) is 11.7. The van der Waals surface area contributed by atoms with E-state index in [4.69, 9.17) is 11.6 Å². The van der Waals surface area contributed by atoms with Crippen molar-refractivity contribution < 1.29 is 22.8 Å². The van der Waals surface area contributed by atoms with Gasteiger partial charge in [0.1, 0.15) is 6.54 Å². The molecule has 2 aromatic carbocycles. The minimum Gasteiger partial charge on any atom is -0.324 e. The third-order valence-electron chi connectivity index (χ3n) is 3.53. The van der Waals surface area contributed by atoms with Crippen LogP contribution in [0.2, 0.25) is 5.02 Å². The summed E-state index contributed by atoms with van der Waals surface area (Å²) in [5.41, 5.74) is 0.516. The summed E-state index contributed by atoms with van der Waals surface area (Å²) >= 11 is 5.96. The summed E-state index contributed by atoms with van der Waals surface area (Å²) in [4.78, 5) is 24.6. The molecule has 0 atom stereocenters. The van der Waals surface area contributed by atoms with E-state index in [0.29, 0.717) is 27.2 Å². The van der Waals surface area contributed by atoms with Crippen LogP contribution in [0.1, 0.15) is 12.5 Å². The summed E-state index contributed by atoms with van der Waals surface area (Å²) in [5, 5.41) is 2.98. The van der Waals surface area contributed by atoms with E-state index in [-0.39, 0.29) is 0 Å². The molecule has 0 bridgehead atoms. The highest BCUT2D eigenvalue weighted by atomic mass is 35.5. The molecular weight excluding hydrogens is 357 g/mol. The lowest BCUT2D eigenvalue weighted by molar-refractivity contribution is -0.120. The topological polar surface area (TPSA) is 49.4 Å². The Bertz CT molecular complexity index is 843. The number of nitrogens with one attached hydrogen (secondary N) is 1. The van der Waals surface area contributed by atoms with E-state index >= 15 is 0 Å². The monoisotopic (exact) mass is 370 g/mol. The molecule has 2 amide bonds. The molecule has 132 valence electrons. The minimum absolute atomic E-state index is 0.423. The summed E-state index contributed by atoms with van der Waals surface area (Å²) in [6, 6.07) is 6.46. The second-order valence-electron chi connectivity index (χ2n) is 5.26. The second kappa shape index (κ2) is 7.57. The van der Waals surface area contributed by atoms with Crippen molar-refractivity contribution in [2.45, 2.75) is 13.8 Å². The SMILES string of the molecule is CC(=O)N(CC(=O)Nc1cccc(Cl)c1C)c1ccc(F)c(F)c1F. The third kappa shape index (κ3) is 4.11. The Hall–Kier alpha value is -2.54. The van der Waals surface area contributed by atoms with Crippen LogP contribution in [-0.4, -0.2) is 18.4 Å². The van der Waals surface area contributed by atoms with E-state index in [9.17, 15) is 22.8 Å². The predicted octanol–water partition coefficient (Wildman–Crippen LogP) is 4.06. The molecule has 0 saturated carbocycles. The average molecular weight is 371 g/mol. The number of benzene rings is 2. The highest BCUT2D eigenvalue weighted by Crippen LogP contribution is 2.25. The lowest BCUT2D eigenvalue weighted by atomic mass is 10.2. The average Bonchev–Trinajstić information content (AvgIpc) is 2.55. The normalized spacial score (nSPS) is 10.5. The van der Waals surface area contributed by atoms with Crippen LogP contribution in [0, 0.1) is 24.4 Å². The van der Waals surface area contributed by atoms with Crippen LogP contribution in [0.5, 0.6) is 0 Å². The van der Waals surface area contributed by atoms with Gasteiger partial charge in [-0.05, 0) is 36.8 Å². The summed E-state index contributed by atoms with van der Waals surface area (Å²) in [7, 11) is 0. The molecule has 0 unspecified atom stereocenters. The van der Waals surface area contributed by atoms with Gasteiger partial charge in [-0.3, -0.25) is 9.59 Å². The molecule has 25 heavy (non-hydrogen) atoms. The molecule has 0 aliphatic rings. The first-order valence-corrected chi connectivity index (χ1v) is 7.56. The quantitative estimate of drug-likeness (QED) is 0.825. The van der Waals surface area contributed by atoms with Crippen LogP contribution >= 0.6 is 11.6 Å².